The number of alkyl halides is 3. The van der Waals surface area contributed by atoms with E-state index in [0.717, 1.165) is 18.5 Å². The van der Waals surface area contributed by atoms with Gasteiger partial charge in [-0.3, -0.25) is 4.99 Å². The van der Waals surface area contributed by atoms with E-state index in [1.54, 1.807) is 21.3 Å². The van der Waals surface area contributed by atoms with Crippen LogP contribution in [-0.4, -0.2) is 51.4 Å². The van der Waals surface area contributed by atoms with Gasteiger partial charge in [-0.15, -0.1) is 24.0 Å². The maximum Gasteiger partial charge on any atom is 0.389 e. The normalized spacial score (nSPS) is 14.3. The molecular formula is C18H27F3IN3O2. The number of nitrogens with zero attached hydrogens (tertiary/aromatic N) is 2. The molecule has 1 aromatic rings. The van der Waals surface area contributed by atoms with Crippen LogP contribution < -0.4 is 14.8 Å². The monoisotopic (exact) mass is 501 g/mol. The van der Waals surface area contributed by atoms with E-state index in [1.165, 1.54) is 5.56 Å². The molecule has 0 unspecified atom stereocenters. The van der Waals surface area contributed by atoms with E-state index in [-0.39, 0.29) is 30.4 Å². The summed E-state index contributed by atoms with van der Waals surface area (Å²) in [7, 11) is 4.90. The highest BCUT2D eigenvalue weighted by Crippen LogP contribution is 2.33. The number of methoxy groups -OCH3 is 2. The van der Waals surface area contributed by atoms with Crippen molar-refractivity contribution in [2.24, 2.45) is 4.99 Å². The highest BCUT2D eigenvalue weighted by atomic mass is 127. The van der Waals surface area contributed by atoms with Crippen LogP contribution in [0.3, 0.4) is 0 Å². The number of aliphatic imine (C=N–C) groups is 1. The van der Waals surface area contributed by atoms with E-state index < -0.39 is 12.6 Å². The molecule has 1 aliphatic rings. The fourth-order valence-corrected chi connectivity index (χ4v) is 3.05. The molecule has 0 atom stereocenters. The average Bonchev–Trinajstić information content (AvgIpc) is 2.62. The zero-order valence-corrected chi connectivity index (χ0v) is 18.2. The van der Waals surface area contributed by atoms with Gasteiger partial charge in [0, 0.05) is 33.1 Å². The molecule has 5 nitrogen and oxygen atoms in total. The minimum atomic E-state index is -4.08. The summed E-state index contributed by atoms with van der Waals surface area (Å²) in [5.41, 5.74) is 2.34. The first-order valence-electron chi connectivity index (χ1n) is 8.64. The Kier molecular flexibility index (Phi) is 9.48. The highest BCUT2D eigenvalue weighted by Gasteiger charge is 2.26. The Bertz CT molecular complexity index is 639. The molecule has 1 aromatic carbocycles. The molecule has 0 saturated heterocycles. The van der Waals surface area contributed by atoms with Gasteiger partial charge in [0.2, 0.25) is 0 Å². The minimum Gasteiger partial charge on any atom is -0.493 e. The molecule has 154 valence electrons. The van der Waals surface area contributed by atoms with Crippen LogP contribution in [0.15, 0.2) is 17.1 Å². The van der Waals surface area contributed by atoms with Gasteiger partial charge in [-0.05, 0) is 42.5 Å². The molecule has 1 N–H and O–H groups in total. The lowest BCUT2D eigenvalue weighted by molar-refractivity contribution is -0.135. The van der Waals surface area contributed by atoms with Gasteiger partial charge in [-0.1, -0.05) is 0 Å². The van der Waals surface area contributed by atoms with E-state index in [9.17, 15) is 13.2 Å². The summed E-state index contributed by atoms with van der Waals surface area (Å²) >= 11 is 0. The van der Waals surface area contributed by atoms with Gasteiger partial charge in [0.05, 0.1) is 14.2 Å². The molecule has 0 bridgehead atoms. The predicted octanol–water partition coefficient (Wildman–Crippen LogP) is 3.99. The van der Waals surface area contributed by atoms with Crippen LogP contribution in [0, 0.1) is 0 Å². The van der Waals surface area contributed by atoms with Gasteiger partial charge in [0.1, 0.15) is 0 Å². The third-order valence-corrected chi connectivity index (χ3v) is 4.40. The van der Waals surface area contributed by atoms with Crippen molar-refractivity contribution in [3.63, 3.8) is 0 Å². The first-order chi connectivity index (χ1) is 12.4. The molecule has 0 radical (unpaired) electrons. The van der Waals surface area contributed by atoms with Crippen LogP contribution in [0.2, 0.25) is 0 Å². The van der Waals surface area contributed by atoms with Crippen molar-refractivity contribution in [1.29, 1.82) is 0 Å². The number of ether oxygens (including phenoxy) is 2. The fraction of sp³-hybridized carbons (Fsp3) is 0.611. The number of unbranched alkanes of at least 4 members (excludes halogenated alkanes) is 1. The Hall–Kier alpha value is -1.39. The van der Waals surface area contributed by atoms with Crippen molar-refractivity contribution in [2.75, 3.05) is 34.4 Å². The summed E-state index contributed by atoms with van der Waals surface area (Å²) in [6.45, 7) is 1.92. The van der Waals surface area contributed by atoms with Gasteiger partial charge in [-0.2, -0.15) is 13.2 Å². The van der Waals surface area contributed by atoms with Crippen LogP contribution in [0.1, 0.15) is 30.4 Å². The number of hydrogen-bond acceptors (Lipinski definition) is 3. The minimum absolute atomic E-state index is 0. The Morgan fingerprint density at radius 2 is 1.78 bits per heavy atom. The van der Waals surface area contributed by atoms with Crippen molar-refractivity contribution in [3.05, 3.63) is 23.3 Å². The first-order valence-corrected chi connectivity index (χ1v) is 8.64. The number of hydrogen-bond donors (Lipinski definition) is 1. The summed E-state index contributed by atoms with van der Waals surface area (Å²) in [4.78, 5) is 6.36. The van der Waals surface area contributed by atoms with Crippen molar-refractivity contribution < 1.29 is 22.6 Å². The summed E-state index contributed by atoms with van der Waals surface area (Å²) in [6, 6.07) is 3.97. The second-order valence-electron chi connectivity index (χ2n) is 6.19. The van der Waals surface area contributed by atoms with E-state index in [1.807, 2.05) is 12.1 Å². The summed E-state index contributed by atoms with van der Waals surface area (Å²) in [6.07, 6.45) is -3.42. The van der Waals surface area contributed by atoms with Gasteiger partial charge < -0.3 is 19.7 Å². The van der Waals surface area contributed by atoms with Crippen molar-refractivity contribution in [3.8, 4) is 11.5 Å². The van der Waals surface area contributed by atoms with Gasteiger partial charge in [0.15, 0.2) is 17.5 Å². The maximum atomic E-state index is 12.2. The number of benzene rings is 1. The second kappa shape index (κ2) is 10.8. The number of rotatable bonds is 6. The van der Waals surface area contributed by atoms with E-state index in [0.29, 0.717) is 37.0 Å². The first kappa shape index (κ1) is 23.6. The Morgan fingerprint density at radius 1 is 1.15 bits per heavy atom. The Labute approximate surface area is 175 Å². The SMILES string of the molecule is CN=C(NCCCCC(F)(F)F)N1CCc2cc(OC)c(OC)cc2C1.I. The molecule has 0 fully saturated rings. The summed E-state index contributed by atoms with van der Waals surface area (Å²) in [5, 5.41) is 3.16. The molecule has 0 aliphatic carbocycles. The van der Waals surface area contributed by atoms with Crippen LogP contribution in [0.5, 0.6) is 11.5 Å². The van der Waals surface area contributed by atoms with E-state index >= 15 is 0 Å². The maximum absolute atomic E-state index is 12.2. The van der Waals surface area contributed by atoms with Crippen LogP contribution >= 0.6 is 24.0 Å². The second-order valence-corrected chi connectivity index (χ2v) is 6.19. The van der Waals surface area contributed by atoms with Gasteiger partial charge >= 0.3 is 6.18 Å². The van der Waals surface area contributed by atoms with Crippen molar-refractivity contribution >= 4 is 29.9 Å². The number of halogens is 4. The zero-order chi connectivity index (χ0) is 19.2. The lowest BCUT2D eigenvalue weighted by Gasteiger charge is -2.32. The molecule has 0 aromatic heterocycles. The average molecular weight is 501 g/mol. The lowest BCUT2D eigenvalue weighted by Crippen LogP contribution is -2.44. The Morgan fingerprint density at radius 3 is 2.33 bits per heavy atom. The predicted molar refractivity (Wildman–Crippen MR) is 110 cm³/mol. The topological polar surface area (TPSA) is 46.1 Å². The lowest BCUT2D eigenvalue weighted by atomic mass is 9.99. The van der Waals surface area contributed by atoms with Gasteiger partial charge in [-0.25, -0.2) is 0 Å². The molecule has 0 spiro atoms. The fourth-order valence-electron chi connectivity index (χ4n) is 3.05. The molecule has 27 heavy (non-hydrogen) atoms. The number of guanidine groups is 1. The molecule has 0 saturated carbocycles. The quantitative estimate of drug-likeness (QED) is 0.277. The molecule has 1 aliphatic heterocycles. The summed E-state index contributed by atoms with van der Waals surface area (Å²) in [5.74, 6) is 2.10. The largest absolute Gasteiger partial charge is 0.493 e. The molecule has 2 rings (SSSR count). The van der Waals surface area contributed by atoms with Crippen molar-refractivity contribution in [1.82, 2.24) is 10.2 Å². The smallest absolute Gasteiger partial charge is 0.389 e. The third-order valence-electron chi connectivity index (χ3n) is 4.40. The summed E-state index contributed by atoms with van der Waals surface area (Å²) < 4.78 is 47.3. The molecule has 1 heterocycles. The van der Waals surface area contributed by atoms with E-state index in [4.69, 9.17) is 9.47 Å². The standard InChI is InChI=1S/C18H26F3N3O2.HI/c1-22-17(23-8-5-4-7-18(19,20)21)24-9-6-13-10-15(25-2)16(26-3)11-14(13)12-24;/h10-11H,4-9,12H2,1-3H3,(H,22,23);1H. The van der Waals surface area contributed by atoms with Crippen molar-refractivity contribution in [2.45, 2.75) is 38.4 Å². The molecule has 9 heteroatoms. The van der Waals surface area contributed by atoms with E-state index in [2.05, 4.69) is 15.2 Å². The zero-order valence-electron chi connectivity index (χ0n) is 15.9. The van der Waals surface area contributed by atoms with Gasteiger partial charge in [0.25, 0.3) is 0 Å². The highest BCUT2D eigenvalue weighted by molar-refractivity contribution is 14.0. The molecular weight excluding hydrogens is 474 g/mol. The third kappa shape index (κ3) is 6.93. The molecule has 0 amide bonds. The Balaban J connectivity index is 0.00000364. The number of nitrogens with one attached hydrogen (secondary N) is 1. The van der Waals surface area contributed by atoms with Crippen LogP contribution in [0.25, 0.3) is 0 Å². The van der Waals surface area contributed by atoms with Crippen LogP contribution in [-0.2, 0) is 13.0 Å². The van der Waals surface area contributed by atoms with Crippen LogP contribution in [0.4, 0.5) is 13.2 Å². The number of fused-ring (bicyclic) bond motifs is 1.